The van der Waals surface area contributed by atoms with Crippen molar-refractivity contribution in [1.29, 1.82) is 0 Å². The zero-order chi connectivity index (χ0) is 7.49. The van der Waals surface area contributed by atoms with Gasteiger partial charge in [0, 0.05) is 0 Å². The minimum absolute atomic E-state index is 1.16. The zero-order valence-electron chi connectivity index (χ0n) is 3.94. The van der Waals surface area contributed by atoms with Crippen molar-refractivity contribution < 1.29 is 4.79 Å². The number of alkyl halides is 4. The molecule has 52 valence electrons. The molecule has 1 atom stereocenters. The van der Waals surface area contributed by atoms with Crippen LogP contribution in [-0.4, -0.2) is 15.4 Å². The van der Waals surface area contributed by atoms with Gasteiger partial charge < -0.3 is 0 Å². The molecule has 0 aromatic carbocycles. The summed E-state index contributed by atoms with van der Waals surface area (Å²) in [5.41, 5.74) is -1.17. The van der Waals surface area contributed by atoms with Crippen LogP contribution in [0.3, 0.4) is 0 Å². The first-order valence-corrected chi connectivity index (χ1v) is 3.33. The van der Waals surface area contributed by atoms with Crippen LogP contribution in [-0.2, 0) is 4.79 Å². The van der Waals surface area contributed by atoms with Gasteiger partial charge >= 0.3 is 0 Å². The highest BCUT2D eigenvalue weighted by Gasteiger charge is 2.30. The van der Waals surface area contributed by atoms with Crippen molar-refractivity contribution in [3.05, 3.63) is 0 Å². The lowest BCUT2D eigenvalue weighted by molar-refractivity contribution is 0.562. The first kappa shape index (κ1) is 9.54. The smallest absolute Gasteiger partial charge is 0.211 e. The summed E-state index contributed by atoms with van der Waals surface area (Å²) in [5, 5.41) is 0. The molecule has 0 aliphatic heterocycles. The Labute approximate surface area is 71.7 Å². The van der Waals surface area contributed by atoms with Crippen LogP contribution in [0.15, 0.2) is 4.99 Å². The number of carbonyl (C=O) groups excluding carboxylic acids is 1. The molecule has 0 unspecified atom stereocenters. The van der Waals surface area contributed by atoms with Crippen LogP contribution >= 0.6 is 46.4 Å². The largest absolute Gasteiger partial charge is 0.236 e. The average molecular weight is 209 g/mol. The lowest BCUT2D eigenvalue weighted by atomic mass is 10.7. The Morgan fingerprint density at radius 3 is 2.00 bits per heavy atom. The Balaban J connectivity index is 4.03. The molecule has 6 heteroatoms. The van der Waals surface area contributed by atoms with Crippen molar-refractivity contribution in [2.24, 2.45) is 4.99 Å². The summed E-state index contributed by atoms with van der Waals surface area (Å²) in [4.78, 5) is 12.5. The first-order valence-electron chi connectivity index (χ1n) is 1.76. The summed E-state index contributed by atoms with van der Waals surface area (Å²) in [7, 11) is 0. The normalized spacial score (nSPS) is 14.2. The molecule has 0 spiro atoms. The summed E-state index contributed by atoms with van der Waals surface area (Å²) < 4.78 is -1.74. The maximum absolute atomic E-state index is 9.51. The SMILES string of the molecule is O=C=N[C@@H](Cl)C(Cl)(Cl)Cl. The molecule has 9 heavy (non-hydrogen) atoms. The Morgan fingerprint density at radius 2 is 1.89 bits per heavy atom. The average Bonchev–Trinajstić information content (AvgIpc) is 1.64. The van der Waals surface area contributed by atoms with Gasteiger partial charge in [0.2, 0.25) is 9.87 Å². The molecule has 0 aromatic rings. The highest BCUT2D eigenvalue weighted by atomic mass is 35.6. The third kappa shape index (κ3) is 4.01. The highest BCUT2D eigenvalue weighted by Crippen LogP contribution is 2.33. The van der Waals surface area contributed by atoms with Gasteiger partial charge in [-0.2, -0.15) is 4.99 Å². The van der Waals surface area contributed by atoms with Gasteiger partial charge in [0.1, 0.15) is 0 Å². The molecule has 0 saturated carbocycles. The molecule has 0 radical (unpaired) electrons. The molecule has 0 heterocycles. The number of rotatable bonds is 1. The van der Waals surface area contributed by atoms with E-state index >= 15 is 0 Å². The van der Waals surface area contributed by atoms with E-state index in [0.717, 1.165) is 6.08 Å². The second-order valence-corrected chi connectivity index (χ2v) is 3.88. The van der Waals surface area contributed by atoms with E-state index in [1.165, 1.54) is 0 Å². The molecule has 0 aromatic heterocycles. The van der Waals surface area contributed by atoms with Gasteiger partial charge in [-0.1, -0.05) is 46.4 Å². The Kier molecular flexibility index (Phi) is 3.86. The van der Waals surface area contributed by atoms with E-state index in [2.05, 4.69) is 4.99 Å². The van der Waals surface area contributed by atoms with E-state index in [0.29, 0.717) is 0 Å². The number of isocyanates is 1. The summed E-state index contributed by atoms with van der Waals surface area (Å²) in [5.74, 6) is 0. The van der Waals surface area contributed by atoms with Gasteiger partial charge in [0.15, 0.2) is 5.50 Å². The molecular weight excluding hydrogens is 208 g/mol. The van der Waals surface area contributed by atoms with E-state index in [1.54, 1.807) is 0 Å². The predicted molar refractivity (Wildman–Crippen MR) is 38.1 cm³/mol. The molecule has 0 aliphatic carbocycles. The van der Waals surface area contributed by atoms with E-state index in [9.17, 15) is 4.79 Å². The minimum atomic E-state index is -1.74. The van der Waals surface area contributed by atoms with Crippen molar-refractivity contribution in [2.75, 3.05) is 0 Å². The molecule has 0 aliphatic rings. The monoisotopic (exact) mass is 207 g/mol. The standard InChI is InChI=1S/C3HCl4NO/c4-2(8-1-9)3(5,6)7/h2H/t2-/m1/s1. The van der Waals surface area contributed by atoms with Gasteiger partial charge in [-0.3, -0.25) is 0 Å². The van der Waals surface area contributed by atoms with Gasteiger partial charge in [-0.25, -0.2) is 4.79 Å². The maximum atomic E-state index is 9.51. The van der Waals surface area contributed by atoms with Crippen LogP contribution < -0.4 is 0 Å². The van der Waals surface area contributed by atoms with E-state index in [4.69, 9.17) is 46.4 Å². The summed E-state index contributed by atoms with van der Waals surface area (Å²) in [6.45, 7) is 0. The number of hydrogen-bond acceptors (Lipinski definition) is 2. The van der Waals surface area contributed by atoms with E-state index in [-0.39, 0.29) is 0 Å². The summed E-state index contributed by atoms with van der Waals surface area (Å²) in [6, 6.07) is 0. The van der Waals surface area contributed by atoms with Crippen LogP contribution in [0.25, 0.3) is 0 Å². The van der Waals surface area contributed by atoms with Crippen molar-refractivity contribution in [3.8, 4) is 0 Å². The van der Waals surface area contributed by atoms with Crippen molar-refractivity contribution >= 4 is 52.5 Å². The van der Waals surface area contributed by atoms with Gasteiger partial charge in [-0.15, -0.1) is 0 Å². The van der Waals surface area contributed by atoms with Crippen LogP contribution in [0.5, 0.6) is 0 Å². The zero-order valence-corrected chi connectivity index (χ0v) is 6.97. The topological polar surface area (TPSA) is 29.4 Å². The number of halogens is 4. The van der Waals surface area contributed by atoms with Crippen LogP contribution in [0, 0.1) is 0 Å². The summed E-state index contributed by atoms with van der Waals surface area (Å²) >= 11 is 20.8. The van der Waals surface area contributed by atoms with Gasteiger partial charge in [0.05, 0.1) is 0 Å². The molecule has 0 saturated heterocycles. The maximum Gasteiger partial charge on any atom is 0.236 e. The molecule has 0 bridgehead atoms. The fourth-order valence-corrected chi connectivity index (χ4v) is 0.306. The number of nitrogens with zero attached hydrogens (tertiary/aromatic N) is 1. The lowest BCUT2D eigenvalue weighted by Crippen LogP contribution is -2.16. The Bertz CT molecular complexity index is 135. The van der Waals surface area contributed by atoms with Crippen LogP contribution in [0.1, 0.15) is 0 Å². The number of hydrogen-bond donors (Lipinski definition) is 0. The number of aliphatic imine (C=N–C) groups is 1. The molecular formula is C3HCl4NO. The first-order chi connectivity index (χ1) is 3.98. The van der Waals surface area contributed by atoms with Gasteiger partial charge in [-0.05, 0) is 0 Å². The molecule has 0 fully saturated rings. The fourth-order valence-electron chi connectivity index (χ4n) is 0.119. The van der Waals surface area contributed by atoms with E-state index < -0.39 is 9.29 Å². The second kappa shape index (κ2) is 3.65. The molecule has 0 rings (SSSR count). The third-order valence-corrected chi connectivity index (χ3v) is 1.82. The molecule has 0 amide bonds. The Morgan fingerprint density at radius 1 is 1.44 bits per heavy atom. The molecule has 2 nitrogen and oxygen atoms in total. The highest BCUT2D eigenvalue weighted by molar-refractivity contribution is 6.70. The van der Waals surface area contributed by atoms with Gasteiger partial charge in [0.25, 0.3) is 0 Å². The fraction of sp³-hybridized carbons (Fsp3) is 0.667. The van der Waals surface area contributed by atoms with Crippen LogP contribution in [0.4, 0.5) is 0 Å². The minimum Gasteiger partial charge on any atom is -0.211 e. The molecule has 0 N–H and O–H groups in total. The van der Waals surface area contributed by atoms with Crippen molar-refractivity contribution in [2.45, 2.75) is 9.29 Å². The Hall–Kier alpha value is 0.540. The second-order valence-electron chi connectivity index (χ2n) is 1.10. The summed E-state index contributed by atoms with van der Waals surface area (Å²) in [6.07, 6.45) is 1.16. The lowest BCUT2D eigenvalue weighted by Gasteiger charge is -2.10. The van der Waals surface area contributed by atoms with E-state index in [1.807, 2.05) is 0 Å². The third-order valence-electron chi connectivity index (χ3n) is 0.436. The quantitative estimate of drug-likeness (QED) is 0.281. The predicted octanol–water partition coefficient (Wildman–Crippen LogP) is 2.26. The van der Waals surface area contributed by atoms with Crippen LogP contribution in [0.2, 0.25) is 0 Å². The van der Waals surface area contributed by atoms with Crippen molar-refractivity contribution in [3.63, 3.8) is 0 Å². The van der Waals surface area contributed by atoms with Crippen molar-refractivity contribution in [1.82, 2.24) is 0 Å².